The fourth-order valence-corrected chi connectivity index (χ4v) is 6.25. The van der Waals surface area contributed by atoms with E-state index >= 15 is 0 Å². The van der Waals surface area contributed by atoms with E-state index in [9.17, 15) is 27.2 Å². The molecule has 2 aromatic heterocycles. The molecule has 0 bridgehead atoms. The number of alkyl halides is 2. The van der Waals surface area contributed by atoms with Crippen molar-refractivity contribution in [1.29, 1.82) is 0 Å². The number of halogens is 5. The van der Waals surface area contributed by atoms with Crippen molar-refractivity contribution in [2.75, 3.05) is 19.7 Å². The third kappa shape index (κ3) is 6.45. The van der Waals surface area contributed by atoms with Gasteiger partial charge in [-0.1, -0.05) is 17.7 Å². The zero-order valence-corrected chi connectivity index (χ0v) is 23.5. The maximum atomic E-state index is 14.3. The molecule has 0 saturated carbocycles. The number of likely N-dealkylation sites (tertiary alicyclic amines) is 1. The molecule has 1 saturated heterocycles. The standard InChI is InChI=1S/C22H20ClF4N3OS.C4H6O6/c1-13-14(11-30(28-13)19-16(24)3-2-4-17(19)25)10-29-7-5-21(6-8-29)20-15(9-18(23)32-20)22(26,27)12-31-21;5-1(3(7)8)2(6)4(9)10/h2-4,9,11H,5-8,10,12H2,1H3;1-2,5-6H,(H,7,8)(H,9,10)/t;1-,2-/m.1/s1. The largest absolute Gasteiger partial charge is 0.479 e. The van der Waals surface area contributed by atoms with Crippen LogP contribution >= 0.6 is 22.9 Å². The molecule has 0 aliphatic carbocycles. The Kier molecular flexibility index (Phi) is 9.30. The van der Waals surface area contributed by atoms with Gasteiger partial charge in [0, 0.05) is 41.8 Å². The van der Waals surface area contributed by atoms with Crippen molar-refractivity contribution in [3.63, 3.8) is 0 Å². The number of para-hydroxylation sites is 1. The predicted octanol–water partition coefficient (Wildman–Crippen LogP) is 3.66. The van der Waals surface area contributed by atoms with Crippen molar-refractivity contribution < 1.29 is 52.3 Å². The van der Waals surface area contributed by atoms with E-state index in [1.54, 1.807) is 13.1 Å². The minimum atomic E-state index is -3.03. The molecule has 0 amide bonds. The molecule has 16 heteroatoms. The fourth-order valence-electron chi connectivity index (χ4n) is 4.77. The van der Waals surface area contributed by atoms with Crippen LogP contribution in [-0.2, 0) is 32.4 Å². The van der Waals surface area contributed by atoms with Gasteiger partial charge in [0.05, 0.1) is 10.0 Å². The van der Waals surface area contributed by atoms with E-state index in [2.05, 4.69) is 10.00 Å². The number of aliphatic carboxylic acids is 2. The van der Waals surface area contributed by atoms with Crippen molar-refractivity contribution in [3.05, 3.63) is 68.1 Å². The first-order valence-corrected chi connectivity index (χ1v) is 13.7. The number of carboxylic acid groups (broad SMARTS) is 2. The van der Waals surface area contributed by atoms with E-state index in [0.717, 1.165) is 5.56 Å². The van der Waals surface area contributed by atoms with Crippen LogP contribution in [0.5, 0.6) is 0 Å². The molecule has 1 fully saturated rings. The number of nitrogens with zero attached hydrogens (tertiary/aromatic N) is 3. The van der Waals surface area contributed by atoms with Gasteiger partial charge in [0.1, 0.15) is 17.9 Å². The second-order valence-electron chi connectivity index (χ2n) is 9.88. The number of aliphatic hydroxyl groups is 2. The zero-order valence-electron chi connectivity index (χ0n) is 21.9. The number of hydrogen-bond acceptors (Lipinski definition) is 8. The third-order valence-electron chi connectivity index (χ3n) is 7.07. The number of ether oxygens (including phenoxy) is 1. The molecule has 228 valence electrons. The molecular formula is C26H26ClF4N3O7S. The highest BCUT2D eigenvalue weighted by molar-refractivity contribution is 7.16. The van der Waals surface area contributed by atoms with Gasteiger partial charge in [-0.2, -0.15) is 13.9 Å². The summed E-state index contributed by atoms with van der Waals surface area (Å²) in [5.74, 6) is -7.94. The van der Waals surface area contributed by atoms with Crippen molar-refractivity contribution in [2.45, 2.75) is 50.0 Å². The number of thiophene rings is 1. The van der Waals surface area contributed by atoms with Crippen LogP contribution in [0.15, 0.2) is 30.5 Å². The lowest BCUT2D eigenvalue weighted by Crippen LogP contribution is -2.48. The lowest BCUT2D eigenvalue weighted by Gasteiger charge is -2.45. The minimum absolute atomic E-state index is 0.0174. The summed E-state index contributed by atoms with van der Waals surface area (Å²) in [7, 11) is 0. The predicted molar refractivity (Wildman–Crippen MR) is 141 cm³/mol. The highest BCUT2D eigenvalue weighted by atomic mass is 35.5. The highest BCUT2D eigenvalue weighted by Gasteiger charge is 2.51. The Bertz CT molecular complexity index is 1440. The van der Waals surface area contributed by atoms with Crippen LogP contribution in [0.1, 0.15) is 34.5 Å². The summed E-state index contributed by atoms with van der Waals surface area (Å²) in [6, 6.07) is 5.05. The van der Waals surface area contributed by atoms with E-state index in [-0.39, 0.29) is 11.3 Å². The maximum Gasteiger partial charge on any atom is 0.335 e. The van der Waals surface area contributed by atoms with E-state index in [1.165, 1.54) is 40.3 Å². The Morgan fingerprint density at radius 1 is 1.12 bits per heavy atom. The number of carboxylic acids is 2. The number of aromatic nitrogens is 2. The zero-order chi connectivity index (χ0) is 31.0. The molecule has 3 aromatic rings. The number of rotatable bonds is 6. The van der Waals surface area contributed by atoms with Crippen LogP contribution in [0.25, 0.3) is 5.69 Å². The van der Waals surface area contributed by atoms with Crippen molar-refractivity contribution in [2.24, 2.45) is 0 Å². The summed E-state index contributed by atoms with van der Waals surface area (Å²) in [5.41, 5.74) is 0.545. The van der Waals surface area contributed by atoms with Crippen molar-refractivity contribution >= 4 is 34.9 Å². The first kappa shape index (κ1) is 31.8. The molecule has 4 N–H and O–H groups in total. The molecular weight excluding hydrogens is 610 g/mol. The first-order chi connectivity index (χ1) is 19.6. The molecule has 1 spiro atoms. The monoisotopic (exact) mass is 635 g/mol. The SMILES string of the molecule is Cc1nn(-c2c(F)cccc2F)cc1CN1CCC2(CC1)OCC(F)(F)c1cc(Cl)sc12.O=C(O)[C@H](O)[C@@H](O)C(=O)O. The molecule has 10 nitrogen and oxygen atoms in total. The van der Waals surface area contributed by atoms with Gasteiger partial charge >= 0.3 is 11.9 Å². The summed E-state index contributed by atoms with van der Waals surface area (Å²) < 4.78 is 64.2. The topological polar surface area (TPSA) is 145 Å². The normalized spacial score (nSPS) is 19.0. The quantitative estimate of drug-likeness (QED) is 0.298. The van der Waals surface area contributed by atoms with E-state index in [1.807, 2.05) is 0 Å². The maximum absolute atomic E-state index is 14.3. The van der Waals surface area contributed by atoms with E-state index in [4.69, 9.17) is 36.8 Å². The fraction of sp³-hybridized carbons (Fsp3) is 0.423. The smallest absolute Gasteiger partial charge is 0.335 e. The van der Waals surface area contributed by atoms with Gasteiger partial charge < -0.3 is 25.2 Å². The van der Waals surface area contributed by atoms with Crippen LogP contribution in [0.2, 0.25) is 4.34 Å². The number of fused-ring (bicyclic) bond motifs is 2. The third-order valence-corrected chi connectivity index (χ3v) is 8.52. The van der Waals surface area contributed by atoms with Crippen LogP contribution in [0.3, 0.4) is 0 Å². The average Bonchev–Trinajstić information content (AvgIpc) is 3.50. The van der Waals surface area contributed by atoms with Gasteiger partial charge in [-0.25, -0.2) is 23.1 Å². The molecule has 2 aliphatic heterocycles. The van der Waals surface area contributed by atoms with Crippen molar-refractivity contribution in [3.8, 4) is 5.69 Å². The molecule has 0 radical (unpaired) electrons. The molecule has 2 atom stereocenters. The number of piperidine rings is 1. The molecule has 0 unspecified atom stereocenters. The van der Waals surface area contributed by atoms with Gasteiger partial charge in [0.25, 0.3) is 5.92 Å². The number of benzene rings is 1. The van der Waals surface area contributed by atoms with E-state index in [0.29, 0.717) is 47.4 Å². The number of carbonyl (C=O) groups is 2. The molecule has 2 aliphatic rings. The van der Waals surface area contributed by atoms with Crippen LogP contribution in [0, 0.1) is 18.6 Å². The van der Waals surface area contributed by atoms with Crippen LogP contribution in [0.4, 0.5) is 17.6 Å². The molecule has 42 heavy (non-hydrogen) atoms. The van der Waals surface area contributed by atoms with Gasteiger partial charge in [0.2, 0.25) is 0 Å². The average molecular weight is 636 g/mol. The lowest BCUT2D eigenvalue weighted by atomic mass is 9.84. The van der Waals surface area contributed by atoms with Gasteiger partial charge in [-0.15, -0.1) is 11.3 Å². The molecule has 4 heterocycles. The number of aryl methyl sites for hydroxylation is 1. The molecule has 1 aromatic carbocycles. The van der Waals surface area contributed by atoms with E-state index < -0.39 is 53.9 Å². The Morgan fingerprint density at radius 3 is 2.24 bits per heavy atom. The molecule has 5 rings (SSSR count). The first-order valence-electron chi connectivity index (χ1n) is 12.5. The van der Waals surface area contributed by atoms with Crippen molar-refractivity contribution in [1.82, 2.24) is 14.7 Å². The summed E-state index contributed by atoms with van der Waals surface area (Å²) in [6.07, 6.45) is -1.78. The Balaban J connectivity index is 0.000000349. The summed E-state index contributed by atoms with van der Waals surface area (Å²) in [6.45, 7) is 2.93. The minimum Gasteiger partial charge on any atom is -0.479 e. The summed E-state index contributed by atoms with van der Waals surface area (Å²) in [4.78, 5) is 22.2. The highest BCUT2D eigenvalue weighted by Crippen LogP contribution is 2.52. The Morgan fingerprint density at radius 2 is 1.69 bits per heavy atom. The second kappa shape index (κ2) is 12.3. The number of hydrogen-bond donors (Lipinski definition) is 4. The van der Waals surface area contributed by atoms with Gasteiger partial charge in [0.15, 0.2) is 23.8 Å². The summed E-state index contributed by atoms with van der Waals surface area (Å²) in [5, 5.41) is 36.8. The Labute approximate surface area is 245 Å². The Hall–Kier alpha value is -3.08. The summed E-state index contributed by atoms with van der Waals surface area (Å²) >= 11 is 7.23. The lowest BCUT2D eigenvalue weighted by molar-refractivity contribution is -0.182. The second-order valence-corrected chi connectivity index (χ2v) is 11.6. The van der Waals surface area contributed by atoms with Gasteiger partial charge in [-0.3, -0.25) is 4.90 Å². The van der Waals surface area contributed by atoms with Gasteiger partial charge in [-0.05, 0) is 38.0 Å². The van der Waals surface area contributed by atoms with Crippen LogP contribution in [-0.4, -0.2) is 78.9 Å². The van der Waals surface area contributed by atoms with Crippen LogP contribution < -0.4 is 0 Å². The number of aliphatic hydroxyl groups excluding tert-OH is 2.